The molecule has 1 fully saturated rings. The number of rotatable bonds is 17. The average Bonchev–Trinajstić information content (AvgIpc) is 2.82. The Bertz CT molecular complexity index is 549. The predicted octanol–water partition coefficient (Wildman–Crippen LogP) is 0.457. The summed E-state index contributed by atoms with van der Waals surface area (Å²) in [4.78, 5) is 0. The molecular weight excluding hydrogens is 430 g/mol. The Hall–Kier alpha value is -0.620. The SMILES string of the molecule is CCCCCCCCCCCCC/C=C/[C@@H](O)[C@@](N)(CO)[C@]1(O)O[C@H](CO)[C@@H](O)[C@H](O)[C@H]1O. The molecule has 0 aromatic rings. The van der Waals surface area contributed by atoms with E-state index in [1.54, 1.807) is 6.08 Å². The van der Waals surface area contributed by atoms with Crippen molar-refractivity contribution < 1.29 is 40.5 Å². The van der Waals surface area contributed by atoms with Crippen LogP contribution in [0.1, 0.15) is 84.0 Å². The van der Waals surface area contributed by atoms with Crippen LogP contribution in [0.5, 0.6) is 0 Å². The first-order chi connectivity index (χ1) is 15.7. The van der Waals surface area contributed by atoms with Gasteiger partial charge in [0.25, 0.3) is 0 Å². The molecule has 7 atom stereocenters. The van der Waals surface area contributed by atoms with Gasteiger partial charge in [0, 0.05) is 0 Å². The third kappa shape index (κ3) is 8.23. The van der Waals surface area contributed by atoms with Crippen LogP contribution < -0.4 is 5.73 Å². The smallest absolute Gasteiger partial charge is 0.219 e. The van der Waals surface area contributed by atoms with Crippen molar-refractivity contribution in [3.63, 3.8) is 0 Å². The Labute approximate surface area is 197 Å². The molecule has 0 bridgehead atoms. The lowest BCUT2D eigenvalue weighted by atomic mass is 9.76. The zero-order valence-corrected chi connectivity index (χ0v) is 20.1. The zero-order chi connectivity index (χ0) is 24.9. The fourth-order valence-electron chi connectivity index (χ4n) is 4.28. The summed E-state index contributed by atoms with van der Waals surface area (Å²) in [7, 11) is 0. The normalized spacial score (nSPS) is 31.1. The fraction of sp³-hybridized carbons (Fsp3) is 0.917. The molecule has 0 amide bonds. The van der Waals surface area contributed by atoms with Crippen LogP contribution in [0.3, 0.4) is 0 Å². The van der Waals surface area contributed by atoms with Crippen molar-refractivity contribution in [3.05, 3.63) is 12.2 Å². The minimum Gasteiger partial charge on any atom is -0.394 e. The molecule has 1 aliphatic rings. The van der Waals surface area contributed by atoms with Gasteiger partial charge in [-0.15, -0.1) is 0 Å². The zero-order valence-electron chi connectivity index (χ0n) is 20.1. The number of unbranched alkanes of at least 4 members (excludes halogenated alkanes) is 11. The quantitative estimate of drug-likeness (QED) is 0.109. The van der Waals surface area contributed by atoms with Gasteiger partial charge in [0.05, 0.1) is 19.3 Å². The van der Waals surface area contributed by atoms with Gasteiger partial charge in [0.2, 0.25) is 5.79 Å². The molecule has 0 aromatic carbocycles. The first-order valence-electron chi connectivity index (χ1n) is 12.5. The highest BCUT2D eigenvalue weighted by Crippen LogP contribution is 2.37. The van der Waals surface area contributed by atoms with Crippen molar-refractivity contribution in [3.8, 4) is 0 Å². The molecule has 9 N–H and O–H groups in total. The minimum absolute atomic E-state index is 0.665. The number of aliphatic hydroxyl groups excluding tert-OH is 6. The van der Waals surface area contributed by atoms with Crippen LogP contribution >= 0.6 is 0 Å². The highest BCUT2D eigenvalue weighted by Gasteiger charge is 2.64. The van der Waals surface area contributed by atoms with Gasteiger partial charge in [-0.25, -0.2) is 0 Å². The predicted molar refractivity (Wildman–Crippen MR) is 125 cm³/mol. The molecule has 0 spiro atoms. The first-order valence-corrected chi connectivity index (χ1v) is 12.5. The molecule has 0 radical (unpaired) electrons. The third-order valence-corrected chi connectivity index (χ3v) is 6.72. The van der Waals surface area contributed by atoms with Gasteiger partial charge in [0.1, 0.15) is 30.0 Å². The number of aliphatic hydroxyl groups is 7. The number of allylic oxidation sites excluding steroid dienone is 1. The maximum atomic E-state index is 10.9. The van der Waals surface area contributed by atoms with Crippen molar-refractivity contribution >= 4 is 0 Å². The summed E-state index contributed by atoms with van der Waals surface area (Å²) < 4.78 is 5.18. The fourth-order valence-corrected chi connectivity index (χ4v) is 4.28. The molecule has 0 saturated carbocycles. The van der Waals surface area contributed by atoms with E-state index in [-0.39, 0.29) is 0 Å². The highest BCUT2D eigenvalue weighted by atomic mass is 16.7. The van der Waals surface area contributed by atoms with Crippen LogP contribution in [0.4, 0.5) is 0 Å². The number of hydrogen-bond donors (Lipinski definition) is 8. The van der Waals surface area contributed by atoms with Crippen molar-refractivity contribution in [2.24, 2.45) is 5.73 Å². The lowest BCUT2D eigenvalue weighted by Gasteiger charge is -2.53. The second kappa shape index (κ2) is 15.4. The van der Waals surface area contributed by atoms with Crippen molar-refractivity contribution in [1.29, 1.82) is 0 Å². The standard InChI is InChI=1S/C24H47NO8/c1-2-3-4-5-6-7-8-9-10-11-12-13-14-15-19(28)23(25,17-27)24(32)22(31)21(30)20(29)18(16-26)33-24/h14-15,18-22,26-32H,2-13,16-17,25H2,1H3/b15-14+/t18-,19-,20-,21+,22-,23+,24-/m1/s1. The van der Waals surface area contributed by atoms with Crippen molar-refractivity contribution in [1.82, 2.24) is 0 Å². The molecule has 1 rings (SSSR count). The van der Waals surface area contributed by atoms with Crippen molar-refractivity contribution in [2.75, 3.05) is 13.2 Å². The summed E-state index contributed by atoms with van der Waals surface area (Å²) in [5, 5.41) is 70.8. The molecule has 0 aromatic heterocycles. The highest BCUT2D eigenvalue weighted by molar-refractivity contribution is 5.16. The van der Waals surface area contributed by atoms with Crippen LogP contribution in [-0.4, -0.2) is 90.8 Å². The monoisotopic (exact) mass is 477 g/mol. The summed E-state index contributed by atoms with van der Waals surface area (Å²) in [6.45, 7) is 0.448. The number of ether oxygens (including phenoxy) is 1. The molecule has 9 nitrogen and oxygen atoms in total. The Morgan fingerprint density at radius 3 is 1.91 bits per heavy atom. The van der Waals surface area contributed by atoms with Gasteiger partial charge in [-0.05, 0) is 12.8 Å². The average molecular weight is 478 g/mol. The second-order valence-electron chi connectivity index (χ2n) is 9.36. The van der Waals surface area contributed by atoms with Crippen LogP contribution in [0.15, 0.2) is 12.2 Å². The van der Waals surface area contributed by atoms with E-state index in [0.717, 1.165) is 19.3 Å². The van der Waals surface area contributed by atoms with E-state index >= 15 is 0 Å². The van der Waals surface area contributed by atoms with Crippen LogP contribution in [0, 0.1) is 0 Å². The number of hydrogen-bond acceptors (Lipinski definition) is 9. The van der Waals surface area contributed by atoms with Crippen LogP contribution in [0.25, 0.3) is 0 Å². The van der Waals surface area contributed by atoms with Gasteiger partial charge in [-0.3, -0.25) is 0 Å². The largest absolute Gasteiger partial charge is 0.394 e. The van der Waals surface area contributed by atoms with E-state index in [1.165, 1.54) is 57.4 Å². The van der Waals surface area contributed by atoms with E-state index in [1.807, 2.05) is 0 Å². The molecule has 1 heterocycles. The Kier molecular flexibility index (Phi) is 14.2. The van der Waals surface area contributed by atoms with Gasteiger partial charge in [-0.1, -0.05) is 83.3 Å². The topological polar surface area (TPSA) is 177 Å². The van der Waals surface area contributed by atoms with Crippen LogP contribution in [0.2, 0.25) is 0 Å². The Morgan fingerprint density at radius 2 is 1.42 bits per heavy atom. The maximum absolute atomic E-state index is 10.9. The molecule has 1 aliphatic heterocycles. The summed E-state index contributed by atoms with van der Waals surface area (Å²) >= 11 is 0. The molecule has 0 unspecified atom stereocenters. The van der Waals surface area contributed by atoms with E-state index in [9.17, 15) is 35.7 Å². The molecule has 196 valence electrons. The third-order valence-electron chi connectivity index (χ3n) is 6.72. The Morgan fingerprint density at radius 1 is 0.909 bits per heavy atom. The second-order valence-corrected chi connectivity index (χ2v) is 9.36. The molecule has 0 aliphatic carbocycles. The van der Waals surface area contributed by atoms with E-state index in [0.29, 0.717) is 6.42 Å². The van der Waals surface area contributed by atoms with Gasteiger partial charge in [-0.2, -0.15) is 0 Å². The molecule has 1 saturated heterocycles. The molecule has 33 heavy (non-hydrogen) atoms. The van der Waals surface area contributed by atoms with E-state index < -0.39 is 55.1 Å². The summed E-state index contributed by atoms with van der Waals surface area (Å²) in [6.07, 6.45) is 8.30. The van der Waals surface area contributed by atoms with Crippen molar-refractivity contribution in [2.45, 2.75) is 126 Å². The summed E-state index contributed by atoms with van der Waals surface area (Å²) in [5.41, 5.74) is 3.74. The maximum Gasteiger partial charge on any atom is 0.219 e. The number of nitrogens with two attached hydrogens (primary N) is 1. The summed E-state index contributed by atoms with van der Waals surface area (Å²) in [6, 6.07) is 0. The van der Waals surface area contributed by atoms with Gasteiger partial charge in [0.15, 0.2) is 0 Å². The Balaban J connectivity index is 2.45. The van der Waals surface area contributed by atoms with E-state index in [2.05, 4.69) is 6.92 Å². The van der Waals surface area contributed by atoms with Gasteiger partial charge >= 0.3 is 0 Å². The first kappa shape index (κ1) is 30.4. The molecular formula is C24H47NO8. The lowest BCUT2D eigenvalue weighted by Crippen LogP contribution is -2.80. The van der Waals surface area contributed by atoms with Crippen LogP contribution in [-0.2, 0) is 4.74 Å². The minimum atomic E-state index is -2.81. The van der Waals surface area contributed by atoms with Gasteiger partial charge < -0.3 is 46.2 Å². The summed E-state index contributed by atoms with van der Waals surface area (Å²) in [5.74, 6) is -2.81. The van der Waals surface area contributed by atoms with E-state index in [4.69, 9.17) is 10.5 Å². The molecule has 9 heteroatoms. The lowest BCUT2D eigenvalue weighted by molar-refractivity contribution is -0.380.